The van der Waals surface area contributed by atoms with Crippen LogP contribution in [0, 0.1) is 0 Å². The van der Waals surface area contributed by atoms with Gasteiger partial charge in [-0.25, -0.2) is 8.42 Å². The maximum Gasteiger partial charge on any atom is 0.184 e. The molecule has 0 saturated heterocycles. The number of hydrogen-bond acceptors (Lipinski definition) is 6. The average molecular weight is 263 g/mol. The molecule has 1 heterocycles. The Morgan fingerprint density at radius 1 is 1.31 bits per heavy atom. The van der Waals surface area contributed by atoms with Crippen LogP contribution in [0.5, 0.6) is 0 Å². The molecule has 0 amide bonds. The Morgan fingerprint density at radius 3 is 2.31 bits per heavy atom. The molecule has 1 aromatic rings. The molecule has 2 N–H and O–H groups in total. The third kappa shape index (κ3) is 2.30. The van der Waals surface area contributed by atoms with E-state index in [1.54, 1.807) is 6.92 Å². The van der Waals surface area contributed by atoms with Crippen LogP contribution in [-0.2, 0) is 9.84 Å². The zero-order valence-corrected chi connectivity index (χ0v) is 11.4. The summed E-state index contributed by atoms with van der Waals surface area (Å²) >= 11 is 1.15. The molecule has 0 aliphatic rings. The van der Waals surface area contributed by atoms with Crippen LogP contribution >= 0.6 is 11.5 Å². The highest BCUT2D eigenvalue weighted by molar-refractivity contribution is 7.91. The number of rotatable bonds is 5. The van der Waals surface area contributed by atoms with Gasteiger partial charge in [-0.05, 0) is 25.4 Å². The first-order valence-corrected chi connectivity index (χ1v) is 7.63. The third-order valence-electron chi connectivity index (χ3n) is 2.40. The lowest BCUT2D eigenvalue weighted by Crippen LogP contribution is -2.23. The molecule has 92 valence electrons. The van der Waals surface area contributed by atoms with E-state index in [4.69, 9.17) is 5.73 Å². The van der Waals surface area contributed by atoms with Gasteiger partial charge in [0.25, 0.3) is 0 Å². The zero-order valence-electron chi connectivity index (χ0n) is 9.73. The number of nitrogens with zero attached hydrogens (tertiary/aromatic N) is 2. The van der Waals surface area contributed by atoms with Crippen molar-refractivity contribution < 1.29 is 8.42 Å². The molecular formula is C9H17N3O2S2. The number of nitrogen functional groups attached to an aromatic ring is 1. The van der Waals surface area contributed by atoms with E-state index in [2.05, 4.69) is 4.37 Å². The quantitative estimate of drug-likeness (QED) is 0.868. The van der Waals surface area contributed by atoms with E-state index in [1.165, 1.54) is 0 Å². The van der Waals surface area contributed by atoms with Gasteiger partial charge >= 0.3 is 0 Å². The molecule has 0 atom stereocenters. The second-order valence-electron chi connectivity index (χ2n) is 3.28. The van der Waals surface area contributed by atoms with E-state index in [9.17, 15) is 8.42 Å². The smallest absolute Gasteiger partial charge is 0.184 e. The van der Waals surface area contributed by atoms with Crippen LogP contribution in [0.15, 0.2) is 4.90 Å². The molecule has 1 rings (SSSR count). The molecule has 0 aliphatic carbocycles. The molecule has 0 aliphatic heterocycles. The first-order valence-electron chi connectivity index (χ1n) is 5.20. The first-order chi connectivity index (χ1) is 7.47. The molecule has 7 heteroatoms. The topological polar surface area (TPSA) is 76.3 Å². The summed E-state index contributed by atoms with van der Waals surface area (Å²) < 4.78 is 27.7. The highest BCUT2D eigenvalue weighted by Crippen LogP contribution is 2.35. The van der Waals surface area contributed by atoms with E-state index in [0.717, 1.165) is 24.6 Å². The van der Waals surface area contributed by atoms with E-state index in [-0.39, 0.29) is 16.5 Å². The molecule has 0 radical (unpaired) electrons. The number of anilines is 2. The molecule has 0 saturated carbocycles. The number of aromatic nitrogens is 1. The number of sulfone groups is 1. The Morgan fingerprint density at radius 2 is 1.88 bits per heavy atom. The van der Waals surface area contributed by atoms with Crippen molar-refractivity contribution in [3.63, 3.8) is 0 Å². The van der Waals surface area contributed by atoms with Gasteiger partial charge in [-0.3, -0.25) is 0 Å². The van der Waals surface area contributed by atoms with Gasteiger partial charge in [0, 0.05) is 13.1 Å². The summed E-state index contributed by atoms with van der Waals surface area (Å²) in [7, 11) is -3.30. The minimum Gasteiger partial charge on any atom is -0.382 e. The number of hydrogen-bond donors (Lipinski definition) is 1. The van der Waals surface area contributed by atoms with E-state index < -0.39 is 9.84 Å². The van der Waals surface area contributed by atoms with Crippen LogP contribution in [0.1, 0.15) is 20.8 Å². The Labute approximate surface area is 100 Å². The van der Waals surface area contributed by atoms with Gasteiger partial charge in [-0.15, -0.1) is 0 Å². The van der Waals surface area contributed by atoms with Crippen molar-refractivity contribution in [3.05, 3.63) is 0 Å². The van der Waals surface area contributed by atoms with Gasteiger partial charge in [-0.1, -0.05) is 6.92 Å². The Hall–Kier alpha value is -0.820. The summed E-state index contributed by atoms with van der Waals surface area (Å²) in [6.07, 6.45) is 0. The van der Waals surface area contributed by atoms with Crippen molar-refractivity contribution >= 4 is 32.2 Å². The molecule has 16 heavy (non-hydrogen) atoms. The summed E-state index contributed by atoms with van der Waals surface area (Å²) in [5, 5.41) is 0.657. The lowest BCUT2D eigenvalue weighted by atomic mass is 10.5. The predicted octanol–water partition coefficient (Wildman–Crippen LogP) is 1.37. The van der Waals surface area contributed by atoms with Gasteiger partial charge in [0.05, 0.1) is 5.75 Å². The highest BCUT2D eigenvalue weighted by atomic mass is 32.2. The lowest BCUT2D eigenvalue weighted by Gasteiger charge is -2.19. The second-order valence-corrected chi connectivity index (χ2v) is 6.24. The fourth-order valence-electron chi connectivity index (χ4n) is 1.43. The minimum atomic E-state index is -3.30. The lowest BCUT2D eigenvalue weighted by molar-refractivity contribution is 0.597. The van der Waals surface area contributed by atoms with Crippen molar-refractivity contribution in [2.24, 2.45) is 0 Å². The molecule has 1 aromatic heterocycles. The maximum atomic E-state index is 11.9. The van der Waals surface area contributed by atoms with Crippen LogP contribution in [-0.4, -0.2) is 31.6 Å². The summed E-state index contributed by atoms with van der Waals surface area (Å²) in [4.78, 5) is 2.15. The monoisotopic (exact) mass is 263 g/mol. The van der Waals surface area contributed by atoms with Crippen LogP contribution in [0.25, 0.3) is 0 Å². The molecule has 0 unspecified atom stereocenters. The molecule has 0 bridgehead atoms. The molecule has 0 aromatic carbocycles. The SMILES string of the molecule is CCN(CC)c1snc(N)c1S(=O)(=O)CC. The van der Waals surface area contributed by atoms with E-state index in [0.29, 0.717) is 5.00 Å². The summed E-state index contributed by atoms with van der Waals surface area (Å²) in [6, 6.07) is 0. The Balaban J connectivity index is 3.33. The molecule has 5 nitrogen and oxygen atoms in total. The fourth-order valence-corrected chi connectivity index (χ4v) is 3.87. The minimum absolute atomic E-state index is 0.0455. The van der Waals surface area contributed by atoms with E-state index >= 15 is 0 Å². The van der Waals surface area contributed by atoms with Gasteiger partial charge in [0.1, 0.15) is 9.90 Å². The van der Waals surface area contributed by atoms with Crippen LogP contribution < -0.4 is 10.6 Å². The Kier molecular flexibility index (Phi) is 4.15. The third-order valence-corrected chi connectivity index (χ3v) is 5.24. The summed E-state index contributed by atoms with van der Waals surface area (Å²) in [5.74, 6) is 0.165. The largest absolute Gasteiger partial charge is 0.382 e. The molecular weight excluding hydrogens is 246 g/mol. The predicted molar refractivity (Wildman–Crippen MR) is 67.8 cm³/mol. The van der Waals surface area contributed by atoms with Crippen molar-refractivity contribution in [1.82, 2.24) is 4.37 Å². The summed E-state index contributed by atoms with van der Waals surface area (Å²) in [6.45, 7) is 7.04. The second kappa shape index (κ2) is 5.01. The average Bonchev–Trinajstić information content (AvgIpc) is 2.63. The van der Waals surface area contributed by atoms with Crippen molar-refractivity contribution in [1.29, 1.82) is 0 Å². The zero-order chi connectivity index (χ0) is 12.3. The van der Waals surface area contributed by atoms with Crippen LogP contribution in [0.2, 0.25) is 0 Å². The first kappa shape index (κ1) is 13.2. The highest BCUT2D eigenvalue weighted by Gasteiger charge is 2.26. The maximum absolute atomic E-state index is 11.9. The fraction of sp³-hybridized carbons (Fsp3) is 0.667. The van der Waals surface area contributed by atoms with Crippen molar-refractivity contribution in [2.75, 3.05) is 29.5 Å². The molecule has 0 fully saturated rings. The van der Waals surface area contributed by atoms with Gasteiger partial charge in [0.15, 0.2) is 15.7 Å². The summed E-state index contributed by atoms with van der Waals surface area (Å²) in [5.41, 5.74) is 5.64. The standard InChI is InChI=1S/C9H17N3O2S2/c1-4-12(5-2)9-7(8(10)11-15-9)16(13,14)6-3/h4-6H2,1-3H3,(H2,10,11). The van der Waals surface area contributed by atoms with Gasteiger partial charge in [0.2, 0.25) is 0 Å². The van der Waals surface area contributed by atoms with Crippen molar-refractivity contribution in [2.45, 2.75) is 25.7 Å². The number of nitrogens with two attached hydrogens (primary N) is 1. The normalized spacial score (nSPS) is 11.7. The molecule has 0 spiro atoms. The van der Waals surface area contributed by atoms with Crippen molar-refractivity contribution in [3.8, 4) is 0 Å². The van der Waals surface area contributed by atoms with E-state index in [1.807, 2.05) is 18.7 Å². The Bertz CT molecular complexity index is 449. The van der Waals surface area contributed by atoms with Gasteiger partial charge in [-0.2, -0.15) is 4.37 Å². The van der Waals surface area contributed by atoms with Gasteiger partial charge < -0.3 is 10.6 Å². The van der Waals surface area contributed by atoms with Crippen LogP contribution in [0.4, 0.5) is 10.8 Å². The van der Waals surface area contributed by atoms with Crippen LogP contribution in [0.3, 0.4) is 0 Å².